The maximum atomic E-state index is 12.8. The molecule has 0 aliphatic carbocycles. The summed E-state index contributed by atoms with van der Waals surface area (Å²) in [6, 6.07) is 14.0. The summed E-state index contributed by atoms with van der Waals surface area (Å²) in [6.45, 7) is 0. The summed E-state index contributed by atoms with van der Waals surface area (Å²) in [5, 5.41) is 8.09. The van der Waals surface area contributed by atoms with Crippen LogP contribution in [0.5, 0.6) is 0 Å². The number of halogens is 2. The van der Waals surface area contributed by atoms with Crippen LogP contribution in [0.2, 0.25) is 0 Å². The van der Waals surface area contributed by atoms with Crippen LogP contribution in [0.25, 0.3) is 11.5 Å². The van der Waals surface area contributed by atoms with Crippen molar-refractivity contribution in [2.75, 3.05) is 0 Å². The number of benzene rings is 2. The van der Waals surface area contributed by atoms with Gasteiger partial charge < -0.3 is 4.42 Å². The van der Waals surface area contributed by atoms with Crippen molar-refractivity contribution in [3.63, 3.8) is 0 Å². The highest BCUT2D eigenvalue weighted by atomic mass is 79.9. The molecular formula is C15H10BrFN2OS. The van der Waals surface area contributed by atoms with Gasteiger partial charge in [0.05, 0.1) is 11.3 Å². The lowest BCUT2D eigenvalue weighted by Gasteiger charge is -1.98. The van der Waals surface area contributed by atoms with E-state index in [9.17, 15) is 4.39 Å². The van der Waals surface area contributed by atoms with Crippen LogP contribution in [0.15, 0.2) is 62.3 Å². The predicted molar refractivity (Wildman–Crippen MR) is 83.4 cm³/mol. The van der Waals surface area contributed by atoms with Crippen molar-refractivity contribution < 1.29 is 8.81 Å². The molecule has 2 aromatic carbocycles. The van der Waals surface area contributed by atoms with Crippen LogP contribution in [0.4, 0.5) is 4.39 Å². The summed E-state index contributed by atoms with van der Waals surface area (Å²) in [5.74, 6) is 1.32. The molecule has 0 spiro atoms. The zero-order valence-corrected chi connectivity index (χ0v) is 13.2. The third-order valence-corrected chi connectivity index (χ3v) is 4.44. The van der Waals surface area contributed by atoms with Crippen LogP contribution >= 0.6 is 27.7 Å². The third kappa shape index (κ3) is 3.51. The highest BCUT2D eigenvalue weighted by Crippen LogP contribution is 2.28. The van der Waals surface area contributed by atoms with Gasteiger partial charge in [-0.25, -0.2) is 4.39 Å². The number of nitrogens with zero attached hydrogens (tertiary/aromatic N) is 2. The Labute approximate surface area is 133 Å². The second-order valence-electron chi connectivity index (χ2n) is 4.22. The van der Waals surface area contributed by atoms with Crippen LogP contribution in [0.1, 0.15) is 5.89 Å². The summed E-state index contributed by atoms with van der Waals surface area (Å²) >= 11 is 4.98. The first kappa shape index (κ1) is 14.3. The first-order valence-electron chi connectivity index (χ1n) is 6.18. The minimum Gasteiger partial charge on any atom is -0.420 e. The van der Waals surface area contributed by atoms with Crippen LogP contribution in [-0.2, 0) is 5.75 Å². The van der Waals surface area contributed by atoms with Gasteiger partial charge in [-0.05, 0) is 52.3 Å². The van der Waals surface area contributed by atoms with Gasteiger partial charge in [0, 0.05) is 9.37 Å². The van der Waals surface area contributed by atoms with E-state index in [1.165, 1.54) is 23.9 Å². The molecule has 0 radical (unpaired) electrons. The van der Waals surface area contributed by atoms with E-state index >= 15 is 0 Å². The van der Waals surface area contributed by atoms with E-state index < -0.39 is 0 Å². The number of hydrogen-bond acceptors (Lipinski definition) is 4. The molecule has 1 aromatic heterocycles. The molecule has 3 nitrogen and oxygen atoms in total. The Morgan fingerprint density at radius 2 is 1.81 bits per heavy atom. The summed E-state index contributed by atoms with van der Waals surface area (Å²) in [4.78, 5) is 0.956. The normalized spacial score (nSPS) is 10.8. The van der Waals surface area contributed by atoms with Gasteiger partial charge in [0.15, 0.2) is 0 Å². The average molecular weight is 365 g/mol. The van der Waals surface area contributed by atoms with Crippen LogP contribution in [0, 0.1) is 5.82 Å². The van der Waals surface area contributed by atoms with Gasteiger partial charge in [-0.15, -0.1) is 22.0 Å². The Bertz CT molecular complexity index is 745. The van der Waals surface area contributed by atoms with E-state index in [2.05, 4.69) is 26.1 Å². The molecule has 0 atom stereocenters. The number of rotatable bonds is 4. The molecule has 0 saturated heterocycles. The molecule has 6 heteroatoms. The van der Waals surface area contributed by atoms with Gasteiger partial charge in [-0.3, -0.25) is 0 Å². The molecule has 0 bridgehead atoms. The maximum Gasteiger partial charge on any atom is 0.248 e. The van der Waals surface area contributed by atoms with Crippen molar-refractivity contribution in [1.82, 2.24) is 10.2 Å². The van der Waals surface area contributed by atoms with Gasteiger partial charge in [0.1, 0.15) is 5.82 Å². The second-order valence-corrected chi connectivity index (χ2v) is 6.13. The smallest absolute Gasteiger partial charge is 0.248 e. The van der Waals surface area contributed by atoms with Crippen LogP contribution < -0.4 is 0 Å². The molecule has 0 aliphatic heterocycles. The molecule has 0 fully saturated rings. The molecule has 0 aliphatic rings. The quantitative estimate of drug-likeness (QED) is 0.615. The first-order chi connectivity index (χ1) is 10.2. The molecule has 3 aromatic rings. The summed E-state index contributed by atoms with van der Waals surface area (Å²) in [7, 11) is 0. The van der Waals surface area contributed by atoms with Gasteiger partial charge in [-0.2, -0.15) is 0 Å². The van der Waals surface area contributed by atoms with E-state index in [1.807, 2.05) is 24.3 Å². The SMILES string of the molecule is Fc1ccc(SCc2nnc(-c3ccccc3Br)o2)cc1. The fraction of sp³-hybridized carbons (Fsp3) is 0.0667. The lowest BCUT2D eigenvalue weighted by molar-refractivity contribution is 0.528. The predicted octanol–water partition coefficient (Wildman–Crippen LogP) is 4.93. The second kappa shape index (κ2) is 6.41. The fourth-order valence-corrected chi connectivity index (χ4v) is 2.92. The highest BCUT2D eigenvalue weighted by molar-refractivity contribution is 9.10. The topological polar surface area (TPSA) is 38.9 Å². The standard InChI is InChI=1S/C15H10BrFN2OS/c16-13-4-2-1-3-12(13)15-19-18-14(20-15)9-21-11-7-5-10(17)6-8-11/h1-8H,9H2. The van der Waals surface area contributed by atoms with Crippen molar-refractivity contribution in [3.05, 3.63) is 64.7 Å². The zero-order chi connectivity index (χ0) is 14.7. The highest BCUT2D eigenvalue weighted by Gasteiger charge is 2.11. The summed E-state index contributed by atoms with van der Waals surface area (Å²) in [5.41, 5.74) is 0.864. The van der Waals surface area contributed by atoms with Crippen molar-refractivity contribution in [3.8, 4) is 11.5 Å². The van der Waals surface area contributed by atoms with Crippen molar-refractivity contribution in [2.24, 2.45) is 0 Å². The molecule has 1 heterocycles. The van der Waals surface area contributed by atoms with Crippen LogP contribution in [-0.4, -0.2) is 10.2 Å². The first-order valence-corrected chi connectivity index (χ1v) is 7.96. The van der Waals surface area contributed by atoms with E-state index in [-0.39, 0.29) is 5.82 Å². The van der Waals surface area contributed by atoms with E-state index in [4.69, 9.17) is 4.42 Å². The molecular weight excluding hydrogens is 355 g/mol. The molecule has 0 N–H and O–H groups in total. The largest absolute Gasteiger partial charge is 0.420 e. The van der Waals surface area contributed by atoms with Crippen molar-refractivity contribution >= 4 is 27.7 Å². The molecule has 0 unspecified atom stereocenters. The lowest BCUT2D eigenvalue weighted by atomic mass is 10.2. The van der Waals surface area contributed by atoms with E-state index in [0.717, 1.165) is 14.9 Å². The average Bonchev–Trinajstić information content (AvgIpc) is 2.96. The molecule has 106 valence electrons. The minimum absolute atomic E-state index is 0.242. The van der Waals surface area contributed by atoms with Crippen molar-refractivity contribution in [2.45, 2.75) is 10.6 Å². The lowest BCUT2D eigenvalue weighted by Crippen LogP contribution is -1.81. The Morgan fingerprint density at radius 3 is 2.57 bits per heavy atom. The Morgan fingerprint density at radius 1 is 1.05 bits per heavy atom. The van der Waals surface area contributed by atoms with E-state index in [1.54, 1.807) is 12.1 Å². The molecule has 0 amide bonds. The Balaban J connectivity index is 1.71. The molecule has 21 heavy (non-hydrogen) atoms. The molecule has 3 rings (SSSR count). The maximum absolute atomic E-state index is 12.8. The Kier molecular flexibility index (Phi) is 4.36. The van der Waals surface area contributed by atoms with Gasteiger partial charge >= 0.3 is 0 Å². The number of aromatic nitrogens is 2. The van der Waals surface area contributed by atoms with Crippen LogP contribution in [0.3, 0.4) is 0 Å². The van der Waals surface area contributed by atoms with Gasteiger partial charge in [-0.1, -0.05) is 12.1 Å². The minimum atomic E-state index is -0.242. The monoisotopic (exact) mass is 364 g/mol. The summed E-state index contributed by atoms with van der Waals surface area (Å²) in [6.07, 6.45) is 0. The van der Waals surface area contributed by atoms with E-state index in [0.29, 0.717) is 17.5 Å². The number of thioether (sulfide) groups is 1. The summed E-state index contributed by atoms with van der Waals surface area (Å²) < 4.78 is 19.4. The number of hydrogen-bond donors (Lipinski definition) is 0. The Hall–Kier alpha value is -1.66. The van der Waals surface area contributed by atoms with Crippen molar-refractivity contribution in [1.29, 1.82) is 0 Å². The zero-order valence-electron chi connectivity index (χ0n) is 10.8. The van der Waals surface area contributed by atoms with Gasteiger partial charge in [0.2, 0.25) is 11.8 Å². The molecule has 0 saturated carbocycles. The third-order valence-electron chi connectivity index (χ3n) is 2.75. The fourth-order valence-electron chi connectivity index (χ4n) is 1.73. The van der Waals surface area contributed by atoms with Gasteiger partial charge in [0.25, 0.3) is 0 Å².